The minimum absolute atomic E-state index is 0.164. The first-order valence-electron chi connectivity index (χ1n) is 4.97. The summed E-state index contributed by atoms with van der Waals surface area (Å²) in [7, 11) is 0. The zero-order chi connectivity index (χ0) is 9.68. The van der Waals surface area contributed by atoms with Crippen LogP contribution in [0.3, 0.4) is 0 Å². The predicted octanol–water partition coefficient (Wildman–Crippen LogP) is 2.92. The second kappa shape index (κ2) is 5.03. The Morgan fingerprint density at radius 1 is 1.54 bits per heavy atom. The van der Waals surface area contributed by atoms with Crippen LogP contribution in [0.15, 0.2) is 24.3 Å². The summed E-state index contributed by atoms with van der Waals surface area (Å²) in [6.07, 6.45) is 2.39. The highest BCUT2D eigenvalue weighted by atomic mass is 14.6. The molecule has 71 valence electrons. The van der Waals surface area contributed by atoms with E-state index in [0.717, 1.165) is 0 Å². The van der Waals surface area contributed by atoms with Gasteiger partial charge >= 0.3 is 0 Å². The summed E-state index contributed by atoms with van der Waals surface area (Å²) in [5.41, 5.74) is 7.30. The lowest BCUT2D eigenvalue weighted by Gasteiger charge is -2.19. The zero-order valence-electron chi connectivity index (χ0n) is 8.46. The van der Waals surface area contributed by atoms with Crippen LogP contribution in [-0.2, 0) is 0 Å². The molecule has 0 saturated heterocycles. The molecule has 13 heavy (non-hydrogen) atoms. The van der Waals surface area contributed by atoms with E-state index in [4.69, 9.17) is 5.73 Å². The topological polar surface area (TPSA) is 26.0 Å². The van der Waals surface area contributed by atoms with E-state index in [2.05, 4.69) is 26.0 Å². The van der Waals surface area contributed by atoms with Crippen molar-refractivity contribution in [2.75, 3.05) is 0 Å². The van der Waals surface area contributed by atoms with Crippen LogP contribution in [0.4, 0.5) is 0 Å². The van der Waals surface area contributed by atoms with E-state index in [1.54, 1.807) is 0 Å². The maximum atomic E-state index is 6.10. The molecule has 0 bridgehead atoms. The Balaban J connectivity index is 2.62. The first kappa shape index (κ1) is 10.3. The van der Waals surface area contributed by atoms with Gasteiger partial charge in [0.1, 0.15) is 0 Å². The molecule has 0 aromatic heterocycles. The molecule has 1 nitrogen and oxygen atoms in total. The molecular formula is C12H18N. The molecule has 0 aliphatic heterocycles. The van der Waals surface area contributed by atoms with Gasteiger partial charge in [-0.1, -0.05) is 38.5 Å². The summed E-state index contributed by atoms with van der Waals surface area (Å²) in [5.74, 6) is 0.556. The Morgan fingerprint density at radius 2 is 2.31 bits per heavy atom. The third-order valence-electron chi connectivity index (χ3n) is 2.47. The second-order valence-corrected chi connectivity index (χ2v) is 3.63. The van der Waals surface area contributed by atoms with Gasteiger partial charge in [0.15, 0.2) is 0 Å². The largest absolute Gasteiger partial charge is 0.324 e. The van der Waals surface area contributed by atoms with Crippen molar-refractivity contribution in [1.82, 2.24) is 0 Å². The van der Waals surface area contributed by atoms with E-state index in [9.17, 15) is 0 Å². The van der Waals surface area contributed by atoms with Gasteiger partial charge in [0.05, 0.1) is 0 Å². The normalized spacial score (nSPS) is 15.3. The lowest BCUT2D eigenvalue weighted by molar-refractivity contribution is 0.433. The van der Waals surface area contributed by atoms with Crippen LogP contribution in [0.1, 0.15) is 38.3 Å². The number of hydrogen-bond donors (Lipinski definition) is 1. The molecular weight excluding hydrogens is 158 g/mol. The van der Waals surface area contributed by atoms with Crippen LogP contribution in [0, 0.1) is 12.0 Å². The van der Waals surface area contributed by atoms with E-state index in [-0.39, 0.29) is 6.04 Å². The minimum Gasteiger partial charge on any atom is -0.324 e. The molecule has 0 fully saturated rings. The van der Waals surface area contributed by atoms with Crippen LogP contribution in [0.25, 0.3) is 0 Å². The number of nitrogens with two attached hydrogens (primary N) is 1. The Morgan fingerprint density at radius 3 is 2.85 bits per heavy atom. The summed E-state index contributed by atoms with van der Waals surface area (Å²) < 4.78 is 0. The maximum absolute atomic E-state index is 6.10. The van der Waals surface area contributed by atoms with Gasteiger partial charge in [-0.2, -0.15) is 0 Å². The highest BCUT2D eigenvalue weighted by Crippen LogP contribution is 2.22. The van der Waals surface area contributed by atoms with Crippen molar-refractivity contribution in [1.29, 1.82) is 0 Å². The highest BCUT2D eigenvalue weighted by Gasteiger charge is 2.12. The van der Waals surface area contributed by atoms with Crippen LogP contribution in [0.2, 0.25) is 0 Å². The number of benzene rings is 1. The van der Waals surface area contributed by atoms with E-state index in [1.165, 1.54) is 18.4 Å². The standard InChI is InChI=1S/C12H18N/c1-3-7-10(2)12(13)11-8-5-4-6-9-11/h4-5,8-10,12H,3,7,13H2,1-2H3. The third kappa shape index (κ3) is 2.85. The Labute approximate surface area is 81.0 Å². The molecule has 2 atom stereocenters. The molecule has 1 aromatic carbocycles. The summed E-state index contributed by atoms with van der Waals surface area (Å²) in [5, 5.41) is 0. The molecule has 0 heterocycles. The van der Waals surface area contributed by atoms with Crippen molar-refractivity contribution in [3.05, 3.63) is 35.9 Å². The first-order valence-corrected chi connectivity index (χ1v) is 4.97. The van der Waals surface area contributed by atoms with Crippen molar-refractivity contribution >= 4 is 0 Å². The van der Waals surface area contributed by atoms with E-state index < -0.39 is 0 Å². The van der Waals surface area contributed by atoms with E-state index >= 15 is 0 Å². The van der Waals surface area contributed by atoms with Crippen molar-refractivity contribution in [2.45, 2.75) is 32.7 Å². The van der Waals surface area contributed by atoms with Gasteiger partial charge < -0.3 is 5.73 Å². The summed E-state index contributed by atoms with van der Waals surface area (Å²) in [6, 6.07) is 11.2. The second-order valence-electron chi connectivity index (χ2n) is 3.63. The molecule has 0 aliphatic rings. The van der Waals surface area contributed by atoms with Crippen LogP contribution >= 0.6 is 0 Å². The van der Waals surface area contributed by atoms with Crippen LogP contribution in [-0.4, -0.2) is 0 Å². The number of rotatable bonds is 4. The van der Waals surface area contributed by atoms with Crippen molar-refractivity contribution in [3.63, 3.8) is 0 Å². The molecule has 0 saturated carbocycles. The molecule has 1 aromatic rings. The molecule has 1 heteroatoms. The minimum atomic E-state index is 0.164. The Kier molecular flexibility index (Phi) is 3.97. The maximum Gasteiger partial charge on any atom is 0.0321 e. The lowest BCUT2D eigenvalue weighted by atomic mass is 9.92. The first-order chi connectivity index (χ1) is 6.25. The van der Waals surface area contributed by atoms with Crippen molar-refractivity contribution in [3.8, 4) is 0 Å². The molecule has 0 aliphatic carbocycles. The van der Waals surface area contributed by atoms with Crippen LogP contribution in [0.5, 0.6) is 0 Å². The van der Waals surface area contributed by atoms with Crippen LogP contribution < -0.4 is 5.73 Å². The Hall–Kier alpha value is -0.820. The third-order valence-corrected chi connectivity index (χ3v) is 2.47. The van der Waals surface area contributed by atoms with Gasteiger partial charge in [0.25, 0.3) is 0 Å². The Bertz CT molecular complexity index is 230. The molecule has 1 radical (unpaired) electrons. The fourth-order valence-corrected chi connectivity index (χ4v) is 1.58. The van der Waals surface area contributed by atoms with Gasteiger partial charge in [-0.3, -0.25) is 0 Å². The van der Waals surface area contributed by atoms with Gasteiger partial charge in [0.2, 0.25) is 0 Å². The fraction of sp³-hybridized carbons (Fsp3) is 0.500. The summed E-state index contributed by atoms with van der Waals surface area (Å²) in [4.78, 5) is 0. The van der Waals surface area contributed by atoms with Gasteiger partial charge in [0, 0.05) is 6.04 Å². The highest BCUT2D eigenvalue weighted by molar-refractivity contribution is 5.18. The molecule has 2 unspecified atom stereocenters. The molecule has 1 rings (SSSR count). The smallest absolute Gasteiger partial charge is 0.0321 e. The predicted molar refractivity (Wildman–Crippen MR) is 56.3 cm³/mol. The van der Waals surface area contributed by atoms with Gasteiger partial charge in [-0.25, -0.2) is 0 Å². The number of hydrogen-bond acceptors (Lipinski definition) is 1. The summed E-state index contributed by atoms with van der Waals surface area (Å²) >= 11 is 0. The van der Waals surface area contributed by atoms with Crippen molar-refractivity contribution < 1.29 is 0 Å². The average Bonchev–Trinajstić information content (AvgIpc) is 2.18. The molecule has 2 N–H and O–H groups in total. The van der Waals surface area contributed by atoms with Gasteiger partial charge in [-0.15, -0.1) is 0 Å². The molecule has 0 spiro atoms. The zero-order valence-corrected chi connectivity index (χ0v) is 8.46. The average molecular weight is 176 g/mol. The van der Waals surface area contributed by atoms with Crippen molar-refractivity contribution in [2.24, 2.45) is 11.7 Å². The van der Waals surface area contributed by atoms with Gasteiger partial charge in [-0.05, 0) is 30.0 Å². The summed E-state index contributed by atoms with van der Waals surface area (Å²) in [6.45, 7) is 4.40. The quantitative estimate of drug-likeness (QED) is 0.750. The fourth-order valence-electron chi connectivity index (χ4n) is 1.58. The van der Waals surface area contributed by atoms with E-state index in [1.807, 2.05) is 18.2 Å². The van der Waals surface area contributed by atoms with E-state index in [0.29, 0.717) is 5.92 Å². The monoisotopic (exact) mass is 176 g/mol. The molecule has 0 amide bonds. The lowest BCUT2D eigenvalue weighted by Crippen LogP contribution is -2.18. The SMILES string of the molecule is CCCC(C)C(N)c1c[c]ccc1.